The van der Waals surface area contributed by atoms with E-state index in [4.69, 9.17) is 4.74 Å². The van der Waals surface area contributed by atoms with Crippen molar-refractivity contribution in [2.75, 3.05) is 13.7 Å². The number of ether oxygens (including phenoxy) is 1. The van der Waals surface area contributed by atoms with Crippen molar-refractivity contribution in [3.05, 3.63) is 47.3 Å². The summed E-state index contributed by atoms with van der Waals surface area (Å²) in [5.74, 6) is 0.847. The average Bonchev–Trinajstić information content (AvgIpc) is 2.86. The molecule has 0 bridgehead atoms. The minimum atomic E-state index is 0.202. The van der Waals surface area contributed by atoms with E-state index >= 15 is 0 Å². The predicted octanol–water partition coefficient (Wildman–Crippen LogP) is 3.02. The van der Waals surface area contributed by atoms with Crippen LogP contribution in [0, 0.1) is 6.92 Å². The molecule has 2 aromatic rings. The number of benzene rings is 1. The van der Waals surface area contributed by atoms with E-state index in [2.05, 4.69) is 48.5 Å². The second kappa shape index (κ2) is 7.27. The topological polar surface area (TPSA) is 39.1 Å². The molecule has 1 atom stereocenters. The van der Waals surface area contributed by atoms with Crippen LogP contribution in [-0.2, 0) is 13.5 Å². The summed E-state index contributed by atoms with van der Waals surface area (Å²) in [7, 11) is 3.67. The smallest absolute Gasteiger partial charge is 0.161 e. The summed E-state index contributed by atoms with van der Waals surface area (Å²) < 4.78 is 7.38. The van der Waals surface area contributed by atoms with Crippen LogP contribution in [0.4, 0.5) is 0 Å². The maximum absolute atomic E-state index is 5.47. The van der Waals surface area contributed by atoms with Crippen LogP contribution in [0.15, 0.2) is 30.5 Å². The van der Waals surface area contributed by atoms with Gasteiger partial charge >= 0.3 is 0 Å². The van der Waals surface area contributed by atoms with Crippen molar-refractivity contribution in [2.45, 2.75) is 32.7 Å². The molecule has 2 rings (SSSR count). The minimum Gasteiger partial charge on any atom is -0.493 e. The van der Waals surface area contributed by atoms with Crippen LogP contribution in [0.2, 0.25) is 0 Å². The molecule has 0 saturated heterocycles. The second-order valence-corrected chi connectivity index (χ2v) is 5.36. The molecule has 1 unspecified atom stereocenters. The van der Waals surface area contributed by atoms with E-state index in [1.165, 1.54) is 11.1 Å². The molecule has 114 valence electrons. The molecule has 4 nitrogen and oxygen atoms in total. The zero-order valence-electron chi connectivity index (χ0n) is 13.4. The molecule has 0 amide bonds. The maximum Gasteiger partial charge on any atom is 0.161 e. The van der Waals surface area contributed by atoms with Gasteiger partial charge in [-0.2, -0.15) is 5.10 Å². The Kier molecular flexibility index (Phi) is 5.39. The zero-order valence-corrected chi connectivity index (χ0v) is 13.4. The Morgan fingerprint density at radius 1 is 1.33 bits per heavy atom. The molecule has 0 radical (unpaired) electrons. The number of hydrogen-bond acceptors (Lipinski definition) is 3. The summed E-state index contributed by atoms with van der Waals surface area (Å²) in [6.07, 6.45) is 3.82. The monoisotopic (exact) mass is 287 g/mol. The fourth-order valence-corrected chi connectivity index (χ4v) is 2.62. The normalized spacial score (nSPS) is 12.4. The Hall–Kier alpha value is -1.81. The van der Waals surface area contributed by atoms with Crippen LogP contribution in [0.25, 0.3) is 0 Å². The van der Waals surface area contributed by atoms with Crippen molar-refractivity contribution < 1.29 is 4.74 Å². The van der Waals surface area contributed by atoms with Crippen molar-refractivity contribution in [1.82, 2.24) is 15.1 Å². The van der Waals surface area contributed by atoms with Crippen molar-refractivity contribution in [3.8, 4) is 5.75 Å². The van der Waals surface area contributed by atoms with Gasteiger partial charge in [-0.05, 0) is 37.4 Å². The number of aryl methyl sites for hydroxylation is 2. The van der Waals surface area contributed by atoms with Crippen molar-refractivity contribution in [2.24, 2.45) is 7.05 Å². The molecule has 1 heterocycles. The molecule has 1 N–H and O–H groups in total. The van der Waals surface area contributed by atoms with Crippen LogP contribution in [0.1, 0.15) is 36.2 Å². The van der Waals surface area contributed by atoms with Crippen molar-refractivity contribution in [1.29, 1.82) is 0 Å². The molecule has 0 saturated carbocycles. The lowest BCUT2D eigenvalue weighted by atomic mass is 9.98. The lowest BCUT2D eigenvalue weighted by Crippen LogP contribution is -2.26. The quantitative estimate of drug-likeness (QED) is 0.851. The number of methoxy groups -OCH3 is 1. The Bertz CT molecular complexity index is 577. The highest BCUT2D eigenvalue weighted by molar-refractivity contribution is 5.32. The van der Waals surface area contributed by atoms with E-state index < -0.39 is 0 Å². The van der Waals surface area contributed by atoms with Gasteiger partial charge in [0, 0.05) is 7.05 Å². The maximum atomic E-state index is 5.47. The largest absolute Gasteiger partial charge is 0.493 e. The summed E-state index contributed by atoms with van der Waals surface area (Å²) >= 11 is 0. The van der Waals surface area contributed by atoms with Gasteiger partial charge in [-0.15, -0.1) is 0 Å². The van der Waals surface area contributed by atoms with E-state index in [1.54, 1.807) is 13.3 Å². The standard InChI is InChI=1S/C17H25N3O/c1-5-10-18-15(11-14-9-7-6-8-13(14)2)17-16(21-4)12-19-20(17)3/h6-9,12,15,18H,5,10-11H2,1-4H3. The van der Waals surface area contributed by atoms with Crippen molar-refractivity contribution >= 4 is 0 Å². The van der Waals surface area contributed by atoms with Crippen LogP contribution in [0.3, 0.4) is 0 Å². The van der Waals surface area contributed by atoms with Gasteiger partial charge in [0.2, 0.25) is 0 Å². The van der Waals surface area contributed by atoms with Gasteiger partial charge in [0.05, 0.1) is 25.0 Å². The third-order valence-corrected chi connectivity index (χ3v) is 3.83. The minimum absolute atomic E-state index is 0.202. The molecular formula is C17H25N3O. The number of nitrogens with zero attached hydrogens (tertiary/aromatic N) is 2. The highest BCUT2D eigenvalue weighted by atomic mass is 16.5. The molecule has 21 heavy (non-hydrogen) atoms. The molecule has 0 spiro atoms. The summed E-state index contributed by atoms with van der Waals surface area (Å²) in [5, 5.41) is 7.95. The molecule has 0 aliphatic carbocycles. The van der Waals surface area contributed by atoms with Gasteiger partial charge in [-0.25, -0.2) is 0 Å². The highest BCUT2D eigenvalue weighted by Crippen LogP contribution is 2.27. The van der Waals surface area contributed by atoms with E-state index in [0.717, 1.165) is 30.8 Å². The first-order valence-electron chi connectivity index (χ1n) is 7.51. The fourth-order valence-electron chi connectivity index (χ4n) is 2.62. The molecule has 0 aliphatic rings. The first kappa shape index (κ1) is 15.6. The summed E-state index contributed by atoms with van der Waals surface area (Å²) in [5.41, 5.74) is 3.78. The van der Waals surface area contributed by atoms with Crippen molar-refractivity contribution in [3.63, 3.8) is 0 Å². The molecular weight excluding hydrogens is 262 g/mol. The Labute approximate surface area is 127 Å². The van der Waals surface area contributed by atoms with E-state index in [0.29, 0.717) is 0 Å². The third-order valence-electron chi connectivity index (χ3n) is 3.83. The zero-order chi connectivity index (χ0) is 15.2. The van der Waals surface area contributed by atoms with Gasteiger partial charge < -0.3 is 10.1 Å². The van der Waals surface area contributed by atoms with Gasteiger partial charge in [0.1, 0.15) is 0 Å². The highest BCUT2D eigenvalue weighted by Gasteiger charge is 2.21. The lowest BCUT2D eigenvalue weighted by molar-refractivity contribution is 0.392. The predicted molar refractivity (Wildman–Crippen MR) is 85.7 cm³/mol. The number of rotatable bonds is 7. The third kappa shape index (κ3) is 3.64. The second-order valence-electron chi connectivity index (χ2n) is 5.36. The van der Waals surface area contributed by atoms with Gasteiger partial charge in [-0.3, -0.25) is 4.68 Å². The Balaban J connectivity index is 2.30. The summed E-state index contributed by atoms with van der Waals surface area (Å²) in [6.45, 7) is 5.32. The van der Waals surface area contributed by atoms with Gasteiger partial charge in [0.25, 0.3) is 0 Å². The van der Waals surface area contributed by atoms with E-state index in [9.17, 15) is 0 Å². The van der Waals surface area contributed by atoms with Crippen LogP contribution in [0.5, 0.6) is 5.75 Å². The fraction of sp³-hybridized carbons (Fsp3) is 0.471. The SMILES string of the molecule is CCCNC(Cc1ccccc1C)c1c(OC)cnn1C. The lowest BCUT2D eigenvalue weighted by Gasteiger charge is -2.21. The first-order valence-corrected chi connectivity index (χ1v) is 7.51. The number of hydrogen-bond donors (Lipinski definition) is 1. The molecule has 0 aliphatic heterocycles. The number of aromatic nitrogens is 2. The molecule has 1 aromatic carbocycles. The van der Waals surface area contributed by atoms with Crippen LogP contribution < -0.4 is 10.1 Å². The van der Waals surface area contributed by atoms with E-state index in [1.807, 2.05) is 11.7 Å². The summed E-state index contributed by atoms with van der Waals surface area (Å²) in [6, 6.07) is 8.73. The first-order chi connectivity index (χ1) is 10.2. The van der Waals surface area contributed by atoms with Crippen LogP contribution in [-0.4, -0.2) is 23.4 Å². The van der Waals surface area contributed by atoms with Crippen LogP contribution >= 0.6 is 0 Å². The van der Waals surface area contributed by atoms with Gasteiger partial charge in [0.15, 0.2) is 5.75 Å². The molecule has 0 fully saturated rings. The Morgan fingerprint density at radius 2 is 2.10 bits per heavy atom. The molecule has 1 aromatic heterocycles. The molecule has 4 heteroatoms. The van der Waals surface area contributed by atoms with Gasteiger partial charge in [-0.1, -0.05) is 31.2 Å². The average molecular weight is 287 g/mol. The summed E-state index contributed by atoms with van der Waals surface area (Å²) in [4.78, 5) is 0. The Morgan fingerprint density at radius 3 is 2.76 bits per heavy atom. The number of nitrogens with one attached hydrogen (secondary N) is 1. The van der Waals surface area contributed by atoms with E-state index in [-0.39, 0.29) is 6.04 Å².